The van der Waals surface area contributed by atoms with E-state index in [0.717, 1.165) is 12.1 Å². The van der Waals surface area contributed by atoms with E-state index in [0.29, 0.717) is 0 Å². The van der Waals surface area contributed by atoms with Gasteiger partial charge < -0.3 is 5.32 Å². The van der Waals surface area contributed by atoms with E-state index < -0.39 is 17.6 Å². The number of nitrogens with one attached hydrogen (secondary N) is 1. The Morgan fingerprint density at radius 1 is 1.15 bits per heavy atom. The number of benzene rings is 1. The molecule has 0 saturated carbocycles. The van der Waals surface area contributed by atoms with Crippen LogP contribution >= 0.6 is 11.6 Å². The van der Waals surface area contributed by atoms with E-state index in [1.165, 1.54) is 30.6 Å². The Labute approximate surface area is 117 Å². The largest absolute Gasteiger partial charge is 0.416 e. The molecule has 1 aromatic carbocycles. The van der Waals surface area contributed by atoms with Crippen molar-refractivity contribution in [3.8, 4) is 0 Å². The maximum Gasteiger partial charge on any atom is 0.416 e. The summed E-state index contributed by atoms with van der Waals surface area (Å²) in [5.74, 6) is -0.517. The van der Waals surface area contributed by atoms with E-state index in [9.17, 15) is 18.0 Å². The molecule has 0 radical (unpaired) electrons. The summed E-state index contributed by atoms with van der Waals surface area (Å²) in [5, 5.41) is 2.62. The standard InChI is InChI=1S/C13H8ClF3N2O/c14-11-7-18-6-5-10(11)12(20)19-9-3-1-8(2-4-9)13(15,16)17/h1-7H,(H,19,20). The molecule has 1 heterocycles. The molecular formula is C13H8ClF3N2O. The molecule has 7 heteroatoms. The number of hydrogen-bond donors (Lipinski definition) is 1. The van der Waals surface area contributed by atoms with Crippen LogP contribution in [0.1, 0.15) is 15.9 Å². The Morgan fingerprint density at radius 3 is 2.35 bits per heavy atom. The van der Waals surface area contributed by atoms with E-state index in [4.69, 9.17) is 11.6 Å². The van der Waals surface area contributed by atoms with Crippen molar-refractivity contribution in [2.75, 3.05) is 5.32 Å². The fourth-order valence-corrected chi connectivity index (χ4v) is 1.71. The predicted octanol–water partition coefficient (Wildman–Crippen LogP) is 4.01. The van der Waals surface area contributed by atoms with E-state index in [1.807, 2.05) is 0 Å². The fraction of sp³-hybridized carbons (Fsp3) is 0.0769. The molecule has 0 aliphatic carbocycles. The van der Waals surface area contributed by atoms with E-state index in [1.54, 1.807) is 0 Å². The summed E-state index contributed by atoms with van der Waals surface area (Å²) in [6.07, 6.45) is -1.70. The lowest BCUT2D eigenvalue weighted by Gasteiger charge is -2.09. The molecule has 0 spiro atoms. The molecule has 2 rings (SSSR count). The Morgan fingerprint density at radius 2 is 1.80 bits per heavy atom. The summed E-state index contributed by atoms with van der Waals surface area (Å²) < 4.78 is 37.2. The minimum absolute atomic E-state index is 0.164. The summed E-state index contributed by atoms with van der Waals surface area (Å²) in [6.45, 7) is 0. The van der Waals surface area contributed by atoms with Gasteiger partial charge in [0.05, 0.1) is 16.1 Å². The van der Waals surface area contributed by atoms with Crippen LogP contribution in [0.15, 0.2) is 42.7 Å². The number of anilines is 1. The van der Waals surface area contributed by atoms with Crippen molar-refractivity contribution in [1.82, 2.24) is 4.98 Å². The first-order valence-corrected chi connectivity index (χ1v) is 5.84. The van der Waals surface area contributed by atoms with Crippen LogP contribution in [0.2, 0.25) is 5.02 Å². The molecule has 0 bridgehead atoms. The SMILES string of the molecule is O=C(Nc1ccc(C(F)(F)F)cc1)c1ccncc1Cl. The highest BCUT2D eigenvalue weighted by molar-refractivity contribution is 6.34. The highest BCUT2D eigenvalue weighted by atomic mass is 35.5. The number of nitrogens with zero attached hydrogens (tertiary/aromatic N) is 1. The average Bonchev–Trinajstić information content (AvgIpc) is 2.38. The van der Waals surface area contributed by atoms with Gasteiger partial charge in [-0.15, -0.1) is 0 Å². The zero-order valence-electron chi connectivity index (χ0n) is 9.91. The number of alkyl halides is 3. The normalized spacial score (nSPS) is 11.2. The monoisotopic (exact) mass is 300 g/mol. The van der Waals surface area contributed by atoms with Crippen LogP contribution in [0.4, 0.5) is 18.9 Å². The summed E-state index contributed by atoms with van der Waals surface area (Å²) in [7, 11) is 0. The van der Waals surface area contributed by atoms with Crippen LogP contribution in [0.3, 0.4) is 0 Å². The Kier molecular flexibility index (Phi) is 3.94. The zero-order valence-corrected chi connectivity index (χ0v) is 10.7. The third-order valence-corrected chi connectivity index (χ3v) is 2.79. The third-order valence-electron chi connectivity index (χ3n) is 2.49. The van der Waals surface area contributed by atoms with Gasteiger partial charge in [-0.25, -0.2) is 0 Å². The summed E-state index contributed by atoms with van der Waals surface area (Å²) >= 11 is 5.80. The van der Waals surface area contributed by atoms with Crippen molar-refractivity contribution in [1.29, 1.82) is 0 Å². The molecule has 1 aromatic heterocycles. The van der Waals surface area contributed by atoms with Gasteiger partial charge in [0.2, 0.25) is 0 Å². The van der Waals surface area contributed by atoms with Gasteiger partial charge in [0.1, 0.15) is 0 Å². The first-order chi connectivity index (χ1) is 9.38. The van der Waals surface area contributed by atoms with Crippen LogP contribution < -0.4 is 5.32 Å². The molecule has 0 fully saturated rings. The summed E-state index contributed by atoms with van der Waals surface area (Å²) in [4.78, 5) is 15.6. The van der Waals surface area contributed by atoms with Crippen LogP contribution in [0.25, 0.3) is 0 Å². The zero-order chi connectivity index (χ0) is 14.8. The quantitative estimate of drug-likeness (QED) is 0.910. The smallest absolute Gasteiger partial charge is 0.322 e. The number of aromatic nitrogens is 1. The molecule has 0 unspecified atom stereocenters. The van der Waals surface area contributed by atoms with Crippen molar-refractivity contribution in [2.24, 2.45) is 0 Å². The first kappa shape index (κ1) is 14.3. The van der Waals surface area contributed by atoms with Crippen molar-refractivity contribution in [3.63, 3.8) is 0 Å². The molecule has 0 saturated heterocycles. The highest BCUT2D eigenvalue weighted by Crippen LogP contribution is 2.29. The van der Waals surface area contributed by atoms with Gasteiger partial charge in [-0.1, -0.05) is 11.6 Å². The summed E-state index contributed by atoms with van der Waals surface area (Å²) in [5.41, 5.74) is -0.338. The molecule has 0 aliphatic rings. The second-order valence-electron chi connectivity index (χ2n) is 3.88. The number of hydrogen-bond acceptors (Lipinski definition) is 2. The second-order valence-corrected chi connectivity index (χ2v) is 4.29. The number of amides is 1. The Balaban J connectivity index is 2.15. The van der Waals surface area contributed by atoms with Crippen molar-refractivity contribution in [2.45, 2.75) is 6.18 Å². The van der Waals surface area contributed by atoms with Crippen molar-refractivity contribution < 1.29 is 18.0 Å². The lowest BCUT2D eigenvalue weighted by atomic mass is 10.2. The van der Waals surface area contributed by atoms with Crippen LogP contribution in [-0.2, 0) is 6.18 Å². The van der Waals surface area contributed by atoms with Crippen LogP contribution in [0, 0.1) is 0 Å². The molecule has 0 atom stereocenters. The Hall–Kier alpha value is -2.08. The number of carbonyl (C=O) groups excluding carboxylic acids is 1. The second kappa shape index (κ2) is 5.50. The van der Waals surface area contributed by atoms with Gasteiger partial charge in [-0.05, 0) is 30.3 Å². The molecule has 1 amide bonds. The molecular weight excluding hydrogens is 293 g/mol. The van der Waals surface area contributed by atoms with Gasteiger partial charge in [-0.2, -0.15) is 13.2 Å². The Bertz CT molecular complexity index is 626. The summed E-state index contributed by atoms with van der Waals surface area (Å²) in [6, 6.07) is 5.56. The average molecular weight is 301 g/mol. The molecule has 0 aliphatic heterocycles. The van der Waals surface area contributed by atoms with Crippen molar-refractivity contribution in [3.05, 3.63) is 58.9 Å². The van der Waals surface area contributed by atoms with Gasteiger partial charge in [0.15, 0.2) is 0 Å². The molecule has 1 N–H and O–H groups in total. The first-order valence-electron chi connectivity index (χ1n) is 5.46. The lowest BCUT2D eigenvalue weighted by molar-refractivity contribution is -0.137. The number of pyridine rings is 1. The van der Waals surface area contributed by atoms with Gasteiger partial charge in [0.25, 0.3) is 5.91 Å². The maximum absolute atomic E-state index is 12.4. The number of rotatable bonds is 2. The fourth-order valence-electron chi connectivity index (χ4n) is 1.50. The van der Waals surface area contributed by atoms with Gasteiger partial charge >= 0.3 is 6.18 Å². The number of halogens is 4. The molecule has 3 nitrogen and oxygen atoms in total. The number of carbonyl (C=O) groups is 1. The molecule has 2 aromatic rings. The molecule has 104 valence electrons. The van der Waals surface area contributed by atoms with E-state index in [2.05, 4.69) is 10.3 Å². The topological polar surface area (TPSA) is 42.0 Å². The lowest BCUT2D eigenvalue weighted by Crippen LogP contribution is -2.13. The molecule has 20 heavy (non-hydrogen) atoms. The minimum Gasteiger partial charge on any atom is -0.322 e. The predicted molar refractivity (Wildman–Crippen MR) is 68.6 cm³/mol. The van der Waals surface area contributed by atoms with Crippen LogP contribution in [-0.4, -0.2) is 10.9 Å². The van der Waals surface area contributed by atoms with Crippen molar-refractivity contribution >= 4 is 23.2 Å². The van der Waals surface area contributed by atoms with E-state index in [-0.39, 0.29) is 16.3 Å². The van der Waals surface area contributed by atoms with Gasteiger partial charge in [0, 0.05) is 18.1 Å². The minimum atomic E-state index is -4.41. The van der Waals surface area contributed by atoms with E-state index >= 15 is 0 Å². The maximum atomic E-state index is 12.4. The van der Waals surface area contributed by atoms with Crippen LogP contribution in [0.5, 0.6) is 0 Å². The van der Waals surface area contributed by atoms with Gasteiger partial charge in [-0.3, -0.25) is 9.78 Å². The highest BCUT2D eigenvalue weighted by Gasteiger charge is 2.30. The third kappa shape index (κ3) is 3.27.